The summed E-state index contributed by atoms with van der Waals surface area (Å²) in [6.07, 6.45) is 6.16. The zero-order valence-corrected chi connectivity index (χ0v) is 20.1. The number of aromatic nitrogens is 7. The number of ether oxygens (including phenoxy) is 1. The fourth-order valence-electron chi connectivity index (χ4n) is 3.73. The highest BCUT2D eigenvalue weighted by Crippen LogP contribution is 2.22. The van der Waals surface area contributed by atoms with E-state index in [2.05, 4.69) is 20.1 Å². The zero-order valence-electron chi connectivity index (χ0n) is 20.1. The number of fused-ring (bicyclic) bond motifs is 2. The van der Waals surface area contributed by atoms with Gasteiger partial charge in [0.2, 0.25) is 5.88 Å². The largest absolute Gasteiger partial charge is 0.476 e. The fraction of sp³-hybridized carbons (Fsp3) is 0.435. The summed E-state index contributed by atoms with van der Waals surface area (Å²) in [5, 5.41) is 4.69. The van der Waals surface area contributed by atoms with Crippen molar-refractivity contribution in [3.8, 4) is 5.88 Å². The number of nitrogens with zero attached hydrogens (tertiary/aromatic N) is 7. The van der Waals surface area contributed by atoms with E-state index in [0.717, 1.165) is 0 Å². The number of hydrogen-bond donors (Lipinski definition) is 0. The van der Waals surface area contributed by atoms with Gasteiger partial charge in [0.25, 0.3) is 16.7 Å². The molecule has 0 atom stereocenters. The Morgan fingerprint density at radius 1 is 0.941 bits per heavy atom. The number of rotatable bonds is 5. The van der Waals surface area contributed by atoms with E-state index in [4.69, 9.17) is 4.74 Å². The Morgan fingerprint density at radius 3 is 2.38 bits per heavy atom. The summed E-state index contributed by atoms with van der Waals surface area (Å²) < 4.78 is 10.3. The van der Waals surface area contributed by atoms with Crippen LogP contribution in [0.4, 0.5) is 0 Å². The summed E-state index contributed by atoms with van der Waals surface area (Å²) in [6.45, 7) is 11.3. The van der Waals surface area contributed by atoms with Crippen molar-refractivity contribution in [2.24, 2.45) is 0 Å². The molecule has 0 N–H and O–H groups in total. The summed E-state index contributed by atoms with van der Waals surface area (Å²) in [6, 6.07) is 1.63. The highest BCUT2D eigenvalue weighted by molar-refractivity contribution is 5.81. The van der Waals surface area contributed by atoms with Crippen LogP contribution in [-0.2, 0) is 11.1 Å². The molecule has 4 heterocycles. The first-order valence-electron chi connectivity index (χ1n) is 10.9. The molecule has 0 aromatic carbocycles. The van der Waals surface area contributed by atoms with Gasteiger partial charge in [-0.3, -0.25) is 23.4 Å². The molecule has 0 fully saturated rings. The normalized spacial score (nSPS) is 12.4. The second-order valence-corrected chi connectivity index (χ2v) is 9.79. The first-order valence-corrected chi connectivity index (χ1v) is 10.9. The van der Waals surface area contributed by atoms with Crippen LogP contribution in [0.5, 0.6) is 5.88 Å². The molecular weight excluding hydrogens is 438 g/mol. The van der Waals surface area contributed by atoms with Crippen molar-refractivity contribution in [3.05, 3.63) is 67.9 Å². The van der Waals surface area contributed by atoms with E-state index in [9.17, 15) is 14.4 Å². The lowest BCUT2D eigenvalue weighted by molar-refractivity contribution is 0.206. The van der Waals surface area contributed by atoms with Crippen molar-refractivity contribution in [2.75, 3.05) is 6.61 Å². The molecule has 0 spiro atoms. The average Bonchev–Trinajstić information content (AvgIpc) is 2.76. The van der Waals surface area contributed by atoms with Gasteiger partial charge in [-0.1, -0.05) is 0 Å². The third-order valence-corrected chi connectivity index (χ3v) is 5.81. The predicted octanol–water partition coefficient (Wildman–Crippen LogP) is 1.62. The predicted molar refractivity (Wildman–Crippen MR) is 126 cm³/mol. The first-order chi connectivity index (χ1) is 15.9. The maximum atomic E-state index is 13.1. The number of aryl methyl sites for hydroxylation is 1. The number of pyridine rings is 1. The number of hydrogen-bond acceptors (Lipinski definition) is 8. The molecular formula is C23H27N7O4. The van der Waals surface area contributed by atoms with Crippen molar-refractivity contribution in [1.82, 2.24) is 33.7 Å². The van der Waals surface area contributed by atoms with Crippen LogP contribution in [0.2, 0.25) is 0 Å². The maximum absolute atomic E-state index is 13.1. The van der Waals surface area contributed by atoms with Crippen LogP contribution in [-0.4, -0.2) is 40.3 Å². The molecule has 0 unspecified atom stereocenters. The second-order valence-electron chi connectivity index (χ2n) is 9.79. The van der Waals surface area contributed by atoms with Gasteiger partial charge in [-0.15, -0.1) is 0 Å². The Bertz CT molecular complexity index is 1580. The Balaban J connectivity index is 1.61. The second kappa shape index (κ2) is 8.15. The van der Waals surface area contributed by atoms with Crippen LogP contribution in [0.1, 0.15) is 46.6 Å². The van der Waals surface area contributed by atoms with Gasteiger partial charge in [0.1, 0.15) is 23.7 Å². The summed E-state index contributed by atoms with van der Waals surface area (Å²) in [4.78, 5) is 50.4. The minimum Gasteiger partial charge on any atom is -0.476 e. The molecule has 0 radical (unpaired) electrons. The molecule has 0 amide bonds. The van der Waals surface area contributed by atoms with Gasteiger partial charge in [-0.25, -0.2) is 14.6 Å². The van der Waals surface area contributed by atoms with E-state index in [1.165, 1.54) is 34.3 Å². The third-order valence-electron chi connectivity index (χ3n) is 5.81. The quantitative estimate of drug-likeness (QED) is 0.435. The lowest BCUT2D eigenvalue weighted by atomic mass is 10.0. The molecule has 0 aliphatic carbocycles. The van der Waals surface area contributed by atoms with E-state index in [1.807, 2.05) is 34.6 Å². The van der Waals surface area contributed by atoms with E-state index < -0.39 is 22.2 Å². The van der Waals surface area contributed by atoms with Crippen LogP contribution in [0.15, 0.2) is 45.6 Å². The Labute approximate surface area is 194 Å². The minimum atomic E-state index is -0.735. The Kier molecular flexibility index (Phi) is 5.58. The van der Waals surface area contributed by atoms with Crippen LogP contribution >= 0.6 is 0 Å². The van der Waals surface area contributed by atoms with Gasteiger partial charge in [0, 0.05) is 23.7 Å². The molecule has 4 aromatic heterocycles. The smallest absolute Gasteiger partial charge is 0.292 e. The van der Waals surface area contributed by atoms with Crippen LogP contribution in [0.3, 0.4) is 0 Å². The molecule has 0 aliphatic rings. The lowest BCUT2D eigenvalue weighted by Crippen LogP contribution is -2.41. The molecule has 11 nitrogen and oxygen atoms in total. The molecule has 4 rings (SSSR count). The fourth-order valence-corrected chi connectivity index (χ4v) is 3.73. The molecule has 0 bridgehead atoms. The van der Waals surface area contributed by atoms with E-state index in [1.54, 1.807) is 17.6 Å². The molecule has 34 heavy (non-hydrogen) atoms. The SMILES string of the molecule is Cc1c(=O)ncn2cnn(C(C)(C)CCOc3nccc4c(=O)n(C(C)(C)C)cnc34)c(=O)c12. The van der Waals surface area contributed by atoms with Gasteiger partial charge in [0.05, 0.1) is 23.9 Å². The molecule has 178 valence electrons. The van der Waals surface area contributed by atoms with Crippen LogP contribution < -0.4 is 21.4 Å². The summed E-state index contributed by atoms with van der Waals surface area (Å²) >= 11 is 0. The van der Waals surface area contributed by atoms with E-state index in [-0.39, 0.29) is 29.1 Å². The van der Waals surface area contributed by atoms with Crippen molar-refractivity contribution in [3.63, 3.8) is 0 Å². The molecule has 11 heteroatoms. The topological polar surface area (TPSA) is 126 Å². The minimum absolute atomic E-state index is 0.169. The highest BCUT2D eigenvalue weighted by Gasteiger charge is 2.25. The molecule has 0 saturated heterocycles. The van der Waals surface area contributed by atoms with Crippen molar-refractivity contribution < 1.29 is 4.74 Å². The first kappa shape index (κ1) is 23.3. The van der Waals surface area contributed by atoms with Gasteiger partial charge in [-0.05, 0) is 47.6 Å². The van der Waals surface area contributed by atoms with Gasteiger partial charge < -0.3 is 4.74 Å². The van der Waals surface area contributed by atoms with Crippen LogP contribution in [0.25, 0.3) is 16.4 Å². The summed E-state index contributed by atoms with van der Waals surface area (Å²) in [5.74, 6) is 0.249. The van der Waals surface area contributed by atoms with Gasteiger partial charge >= 0.3 is 0 Å². The zero-order chi connectivity index (χ0) is 24.8. The van der Waals surface area contributed by atoms with E-state index >= 15 is 0 Å². The van der Waals surface area contributed by atoms with Crippen LogP contribution in [0, 0.1) is 6.92 Å². The van der Waals surface area contributed by atoms with Gasteiger partial charge in [-0.2, -0.15) is 10.1 Å². The summed E-state index contributed by atoms with van der Waals surface area (Å²) in [7, 11) is 0. The Hall–Kier alpha value is -3.89. The summed E-state index contributed by atoms with van der Waals surface area (Å²) in [5.41, 5.74) is -1.27. The Morgan fingerprint density at radius 2 is 1.68 bits per heavy atom. The maximum Gasteiger partial charge on any atom is 0.292 e. The van der Waals surface area contributed by atoms with Gasteiger partial charge in [0.15, 0.2) is 0 Å². The monoisotopic (exact) mass is 465 g/mol. The van der Waals surface area contributed by atoms with E-state index in [0.29, 0.717) is 17.3 Å². The molecule has 4 aromatic rings. The van der Waals surface area contributed by atoms with Crippen molar-refractivity contribution in [1.29, 1.82) is 0 Å². The third kappa shape index (κ3) is 3.97. The highest BCUT2D eigenvalue weighted by atomic mass is 16.5. The lowest BCUT2D eigenvalue weighted by Gasteiger charge is -2.26. The molecule has 0 aliphatic heterocycles. The van der Waals surface area contributed by atoms with Crippen molar-refractivity contribution in [2.45, 2.75) is 59.0 Å². The van der Waals surface area contributed by atoms with Crippen molar-refractivity contribution >= 4 is 16.4 Å². The molecule has 0 saturated carbocycles. The average molecular weight is 466 g/mol. The standard InChI is InChI=1S/C23H27N7O4/c1-14-17-21(33)30(27-13-28(17)11-26-18(14)31)23(5,6)8-10-34-19-16-15(7-9-24-19)20(32)29(12-25-16)22(2,3)4/h7,9,11-13H,8,10H2,1-6H3.